The van der Waals surface area contributed by atoms with Crippen molar-refractivity contribution in [1.29, 1.82) is 0 Å². The van der Waals surface area contributed by atoms with E-state index in [0.717, 1.165) is 28.1 Å². The highest BCUT2D eigenvalue weighted by Gasteiger charge is 2.38. The van der Waals surface area contributed by atoms with Crippen LogP contribution in [0.5, 0.6) is 0 Å². The number of hydrogen-bond donors (Lipinski definition) is 1. The zero-order chi connectivity index (χ0) is 18.3. The molecule has 0 spiro atoms. The zero-order valence-electron chi connectivity index (χ0n) is 15.3. The second kappa shape index (κ2) is 6.34. The molecule has 0 radical (unpaired) electrons. The molecule has 0 unspecified atom stereocenters. The maximum Gasteiger partial charge on any atom is 0.260 e. The van der Waals surface area contributed by atoms with Crippen LogP contribution in [0.2, 0.25) is 0 Å². The van der Waals surface area contributed by atoms with Crippen molar-refractivity contribution in [2.24, 2.45) is 0 Å². The Hall–Kier alpha value is -3.07. The fourth-order valence-corrected chi connectivity index (χ4v) is 3.72. The minimum atomic E-state index is -0.223. The number of rotatable bonds is 3. The van der Waals surface area contributed by atoms with E-state index in [1.807, 2.05) is 60.4 Å². The lowest BCUT2D eigenvalue weighted by Crippen LogP contribution is -2.33. The number of aryl methyl sites for hydroxylation is 3. The van der Waals surface area contributed by atoms with Crippen molar-refractivity contribution < 1.29 is 4.79 Å². The van der Waals surface area contributed by atoms with Crippen molar-refractivity contribution in [3.05, 3.63) is 94.5 Å². The summed E-state index contributed by atoms with van der Waals surface area (Å²) in [5.74, 6) is 0.0404. The van der Waals surface area contributed by atoms with E-state index < -0.39 is 0 Å². The fraction of sp³-hybridized carbons (Fsp3) is 0.174. The lowest BCUT2D eigenvalue weighted by atomic mass is 10.1. The average Bonchev–Trinajstić information content (AvgIpc) is 2.91. The monoisotopic (exact) mass is 342 g/mol. The third kappa shape index (κ3) is 2.57. The summed E-state index contributed by atoms with van der Waals surface area (Å²) in [5.41, 5.74) is 7.24. The lowest BCUT2D eigenvalue weighted by Gasteiger charge is -2.29. The molecule has 4 rings (SSSR count). The largest absolute Gasteiger partial charge is 0.361 e. The number of nitrogens with one attached hydrogen (secondary N) is 1. The first kappa shape index (κ1) is 16.4. The Labute approximate surface area is 154 Å². The van der Waals surface area contributed by atoms with Gasteiger partial charge in [-0.2, -0.15) is 0 Å². The van der Waals surface area contributed by atoms with E-state index in [9.17, 15) is 4.79 Å². The Kier molecular flexibility index (Phi) is 4.00. The maximum atomic E-state index is 13.2. The third-order valence-electron chi connectivity index (χ3n) is 5.10. The molecule has 0 saturated carbocycles. The molecule has 0 saturated heterocycles. The smallest absolute Gasteiger partial charge is 0.260 e. The summed E-state index contributed by atoms with van der Waals surface area (Å²) in [4.78, 5) is 15.1. The molecule has 1 amide bonds. The van der Waals surface area contributed by atoms with Crippen molar-refractivity contribution in [3.63, 3.8) is 0 Å². The van der Waals surface area contributed by atoms with E-state index in [1.54, 1.807) is 0 Å². The maximum absolute atomic E-state index is 13.2. The molecule has 0 aliphatic carbocycles. The molecule has 1 atom stereocenters. The minimum Gasteiger partial charge on any atom is -0.361 e. The van der Waals surface area contributed by atoms with Gasteiger partial charge in [0.1, 0.15) is 6.17 Å². The first-order chi connectivity index (χ1) is 12.6. The number of para-hydroxylation sites is 2. The third-order valence-corrected chi connectivity index (χ3v) is 5.10. The average molecular weight is 342 g/mol. The normalized spacial score (nSPS) is 15.9. The van der Waals surface area contributed by atoms with Crippen LogP contribution in [0.25, 0.3) is 0 Å². The Morgan fingerprint density at radius 3 is 2.12 bits per heavy atom. The summed E-state index contributed by atoms with van der Waals surface area (Å²) in [6, 6.07) is 22.2. The molecule has 3 nitrogen and oxygen atoms in total. The molecule has 1 N–H and O–H groups in total. The SMILES string of the molecule is Cc1ccccc1N1C(=O)c2ccccc2[C@@H]1Nc1c(C)cccc1C. The number of fused-ring (bicyclic) bond motifs is 1. The van der Waals surface area contributed by atoms with E-state index in [1.165, 1.54) is 11.1 Å². The highest BCUT2D eigenvalue weighted by atomic mass is 16.2. The van der Waals surface area contributed by atoms with Crippen LogP contribution in [0.4, 0.5) is 11.4 Å². The second-order valence-corrected chi connectivity index (χ2v) is 6.86. The van der Waals surface area contributed by atoms with Gasteiger partial charge in [-0.25, -0.2) is 0 Å². The molecule has 3 aromatic rings. The summed E-state index contributed by atoms with van der Waals surface area (Å²) >= 11 is 0. The topological polar surface area (TPSA) is 32.3 Å². The Morgan fingerprint density at radius 2 is 1.38 bits per heavy atom. The highest BCUT2D eigenvalue weighted by molar-refractivity contribution is 6.11. The number of anilines is 2. The second-order valence-electron chi connectivity index (χ2n) is 6.86. The zero-order valence-corrected chi connectivity index (χ0v) is 15.3. The molecule has 130 valence electrons. The Morgan fingerprint density at radius 1 is 0.769 bits per heavy atom. The predicted octanol–water partition coefficient (Wildman–Crippen LogP) is 5.38. The number of benzene rings is 3. The van der Waals surface area contributed by atoms with Crippen molar-refractivity contribution in [3.8, 4) is 0 Å². The summed E-state index contributed by atoms with van der Waals surface area (Å²) in [6.45, 7) is 6.23. The van der Waals surface area contributed by atoms with E-state index in [0.29, 0.717) is 0 Å². The van der Waals surface area contributed by atoms with Gasteiger partial charge in [-0.05, 0) is 49.6 Å². The van der Waals surface area contributed by atoms with Gasteiger partial charge in [-0.1, -0.05) is 54.6 Å². The molecule has 1 aliphatic rings. The number of carbonyl (C=O) groups is 1. The van der Waals surface area contributed by atoms with Crippen LogP contribution in [-0.4, -0.2) is 5.91 Å². The molecular weight excluding hydrogens is 320 g/mol. The van der Waals surface area contributed by atoms with Crippen molar-refractivity contribution in [1.82, 2.24) is 0 Å². The van der Waals surface area contributed by atoms with Gasteiger partial charge in [-0.3, -0.25) is 9.69 Å². The number of nitrogens with zero attached hydrogens (tertiary/aromatic N) is 1. The van der Waals surface area contributed by atoms with Gasteiger partial charge in [0.05, 0.1) is 0 Å². The molecule has 3 aromatic carbocycles. The van der Waals surface area contributed by atoms with Gasteiger partial charge < -0.3 is 5.32 Å². The standard InChI is InChI=1S/C23H22N2O/c1-15-9-4-7-14-20(15)25-22(18-12-5-6-13-19(18)23(25)26)24-21-16(2)10-8-11-17(21)3/h4-14,22,24H,1-3H3/t22-/m1/s1. The number of hydrogen-bond acceptors (Lipinski definition) is 2. The molecule has 3 heteroatoms. The highest BCUT2D eigenvalue weighted by Crippen LogP contribution is 2.40. The van der Waals surface area contributed by atoms with Crippen LogP contribution in [0.3, 0.4) is 0 Å². The van der Waals surface area contributed by atoms with Gasteiger partial charge in [0, 0.05) is 22.5 Å². The molecule has 1 heterocycles. The predicted molar refractivity (Wildman–Crippen MR) is 107 cm³/mol. The van der Waals surface area contributed by atoms with Gasteiger partial charge in [0.25, 0.3) is 5.91 Å². The molecule has 1 aliphatic heterocycles. The first-order valence-corrected chi connectivity index (χ1v) is 8.89. The Balaban J connectivity index is 1.86. The number of amides is 1. The van der Waals surface area contributed by atoms with Crippen LogP contribution in [0.1, 0.15) is 38.8 Å². The summed E-state index contributed by atoms with van der Waals surface area (Å²) in [5, 5.41) is 3.64. The minimum absolute atomic E-state index is 0.0404. The molecular formula is C23H22N2O. The lowest BCUT2D eigenvalue weighted by molar-refractivity contribution is 0.0992. The van der Waals surface area contributed by atoms with E-state index in [2.05, 4.69) is 37.4 Å². The van der Waals surface area contributed by atoms with Crippen LogP contribution < -0.4 is 10.2 Å². The molecule has 26 heavy (non-hydrogen) atoms. The van der Waals surface area contributed by atoms with Gasteiger partial charge in [0.2, 0.25) is 0 Å². The van der Waals surface area contributed by atoms with Crippen molar-refractivity contribution in [2.75, 3.05) is 10.2 Å². The van der Waals surface area contributed by atoms with Gasteiger partial charge in [-0.15, -0.1) is 0 Å². The van der Waals surface area contributed by atoms with E-state index >= 15 is 0 Å². The molecule has 0 aromatic heterocycles. The fourth-order valence-electron chi connectivity index (χ4n) is 3.72. The summed E-state index contributed by atoms with van der Waals surface area (Å²) < 4.78 is 0. The summed E-state index contributed by atoms with van der Waals surface area (Å²) in [6.07, 6.45) is -0.223. The van der Waals surface area contributed by atoms with Crippen LogP contribution in [0, 0.1) is 20.8 Å². The quantitative estimate of drug-likeness (QED) is 0.693. The van der Waals surface area contributed by atoms with E-state index in [4.69, 9.17) is 0 Å². The van der Waals surface area contributed by atoms with Crippen LogP contribution >= 0.6 is 0 Å². The molecule has 0 fully saturated rings. The van der Waals surface area contributed by atoms with Crippen LogP contribution in [-0.2, 0) is 0 Å². The van der Waals surface area contributed by atoms with Crippen LogP contribution in [0.15, 0.2) is 66.7 Å². The van der Waals surface area contributed by atoms with Crippen molar-refractivity contribution >= 4 is 17.3 Å². The van der Waals surface area contributed by atoms with Gasteiger partial charge >= 0.3 is 0 Å². The Bertz CT molecular complexity index is 973. The number of carbonyl (C=O) groups excluding carboxylic acids is 1. The summed E-state index contributed by atoms with van der Waals surface area (Å²) in [7, 11) is 0. The van der Waals surface area contributed by atoms with E-state index in [-0.39, 0.29) is 12.1 Å². The van der Waals surface area contributed by atoms with Crippen molar-refractivity contribution in [2.45, 2.75) is 26.9 Å². The molecule has 0 bridgehead atoms. The first-order valence-electron chi connectivity index (χ1n) is 8.89. The van der Waals surface area contributed by atoms with Gasteiger partial charge in [0.15, 0.2) is 0 Å².